The largest absolute Gasteiger partial charge is 0.376 e. The lowest BCUT2D eigenvalue weighted by molar-refractivity contribution is 0.112. The first-order chi connectivity index (χ1) is 4.66. The van der Waals surface area contributed by atoms with E-state index in [1.165, 1.54) is 0 Å². The first-order valence-electron chi connectivity index (χ1n) is 3.51. The van der Waals surface area contributed by atoms with Crippen LogP contribution in [0.1, 0.15) is 13.3 Å². The van der Waals surface area contributed by atoms with Gasteiger partial charge in [-0.2, -0.15) is 0 Å². The van der Waals surface area contributed by atoms with Gasteiger partial charge in [-0.3, -0.25) is 0 Å². The molecule has 1 unspecified atom stereocenters. The lowest BCUT2D eigenvalue weighted by Crippen LogP contribution is -2.29. The molecular weight excluding hydrogens is 126 g/mol. The number of hydrogen-bond donors (Lipinski definition) is 1. The van der Waals surface area contributed by atoms with Crippen molar-refractivity contribution >= 4 is 0 Å². The van der Waals surface area contributed by atoms with Crippen molar-refractivity contribution in [2.24, 2.45) is 0 Å². The zero-order valence-electron chi connectivity index (χ0n) is 6.52. The molecule has 0 aromatic carbocycles. The molecule has 0 aromatic rings. The lowest BCUT2D eigenvalue weighted by Gasteiger charge is -2.13. The molecule has 1 aliphatic heterocycles. The minimum atomic E-state index is -0.719. The Morgan fingerprint density at radius 2 is 2.30 bits per heavy atom. The van der Waals surface area contributed by atoms with Crippen LogP contribution >= 0.6 is 0 Å². The molecule has 1 N–H and O–H groups in total. The Morgan fingerprint density at radius 1 is 1.60 bits per heavy atom. The van der Waals surface area contributed by atoms with E-state index >= 15 is 0 Å². The quantitative estimate of drug-likeness (QED) is 0.480. The van der Waals surface area contributed by atoms with Crippen LogP contribution < -0.4 is 0 Å². The van der Waals surface area contributed by atoms with Crippen LogP contribution in [-0.4, -0.2) is 35.7 Å². The first-order valence-corrected chi connectivity index (χ1v) is 3.51. The molecule has 1 atom stereocenters. The fourth-order valence-corrected chi connectivity index (χ4v) is 1.32. The third-order valence-electron chi connectivity index (χ3n) is 1.80. The summed E-state index contributed by atoms with van der Waals surface area (Å²) in [7, 11) is 2.00. The predicted octanol–water partition coefficient (Wildman–Crippen LogP) is 0.0763. The summed E-state index contributed by atoms with van der Waals surface area (Å²) in [6.07, 6.45) is 0.782. The summed E-state index contributed by atoms with van der Waals surface area (Å²) in [5.41, 5.74) is -0.719. The summed E-state index contributed by atoms with van der Waals surface area (Å²) in [5.74, 6) is 5.56. The van der Waals surface area contributed by atoms with Gasteiger partial charge < -0.3 is 10.0 Å². The van der Waals surface area contributed by atoms with Crippen molar-refractivity contribution in [3.05, 3.63) is 0 Å². The summed E-state index contributed by atoms with van der Waals surface area (Å²) in [5, 5.41) is 9.65. The zero-order chi connectivity index (χ0) is 7.61. The van der Waals surface area contributed by atoms with Crippen LogP contribution in [-0.2, 0) is 0 Å². The predicted molar refractivity (Wildman–Crippen MR) is 40.5 cm³/mol. The second-order valence-corrected chi connectivity index (χ2v) is 2.89. The average molecular weight is 139 g/mol. The third-order valence-corrected chi connectivity index (χ3v) is 1.80. The molecule has 1 fully saturated rings. The Morgan fingerprint density at radius 3 is 2.70 bits per heavy atom. The fraction of sp³-hybridized carbons (Fsp3) is 0.750. The maximum atomic E-state index is 9.65. The molecule has 1 rings (SSSR count). The van der Waals surface area contributed by atoms with Crippen LogP contribution in [0.4, 0.5) is 0 Å². The molecule has 0 spiro atoms. The van der Waals surface area contributed by atoms with Gasteiger partial charge in [0.2, 0.25) is 0 Å². The molecule has 0 aliphatic carbocycles. The summed E-state index contributed by atoms with van der Waals surface area (Å²) >= 11 is 0. The Bertz CT molecular complexity index is 179. The topological polar surface area (TPSA) is 23.5 Å². The molecule has 2 heteroatoms. The number of likely N-dealkylation sites (N-methyl/N-ethyl adjacent to an activating group) is 1. The molecule has 56 valence electrons. The number of likely N-dealkylation sites (tertiary alicyclic amines) is 1. The molecule has 0 radical (unpaired) electrons. The summed E-state index contributed by atoms with van der Waals surface area (Å²) < 4.78 is 0. The smallest absolute Gasteiger partial charge is 0.139 e. The van der Waals surface area contributed by atoms with Crippen LogP contribution in [0.3, 0.4) is 0 Å². The second kappa shape index (κ2) is 2.61. The van der Waals surface area contributed by atoms with E-state index in [1.807, 2.05) is 7.05 Å². The van der Waals surface area contributed by atoms with Gasteiger partial charge >= 0.3 is 0 Å². The van der Waals surface area contributed by atoms with Crippen LogP contribution in [0, 0.1) is 11.8 Å². The lowest BCUT2D eigenvalue weighted by atomic mass is 10.1. The van der Waals surface area contributed by atoms with Gasteiger partial charge in [-0.05, 0) is 14.0 Å². The van der Waals surface area contributed by atoms with E-state index in [2.05, 4.69) is 16.7 Å². The van der Waals surface area contributed by atoms with Gasteiger partial charge in [0, 0.05) is 19.5 Å². The highest BCUT2D eigenvalue weighted by Gasteiger charge is 2.31. The molecule has 0 bridgehead atoms. The van der Waals surface area contributed by atoms with Crippen molar-refractivity contribution in [1.29, 1.82) is 0 Å². The van der Waals surface area contributed by atoms with E-state index in [0.29, 0.717) is 6.54 Å². The van der Waals surface area contributed by atoms with Crippen molar-refractivity contribution in [2.75, 3.05) is 20.1 Å². The molecule has 0 saturated carbocycles. The van der Waals surface area contributed by atoms with Crippen molar-refractivity contribution in [2.45, 2.75) is 18.9 Å². The first kappa shape index (κ1) is 7.59. The average Bonchev–Trinajstić information content (AvgIpc) is 2.12. The van der Waals surface area contributed by atoms with E-state index in [0.717, 1.165) is 13.0 Å². The Balaban J connectivity index is 2.60. The van der Waals surface area contributed by atoms with Crippen molar-refractivity contribution < 1.29 is 5.11 Å². The monoisotopic (exact) mass is 139 g/mol. The maximum absolute atomic E-state index is 9.65. The molecular formula is C8H13NO. The molecule has 1 saturated heterocycles. The Labute approximate surface area is 61.8 Å². The van der Waals surface area contributed by atoms with E-state index in [-0.39, 0.29) is 0 Å². The molecule has 0 aromatic heterocycles. The molecule has 1 heterocycles. The summed E-state index contributed by atoms with van der Waals surface area (Å²) in [4.78, 5) is 2.09. The van der Waals surface area contributed by atoms with Gasteiger partial charge in [0.15, 0.2) is 0 Å². The van der Waals surface area contributed by atoms with E-state index < -0.39 is 5.60 Å². The number of β-amino-alcohol motifs (C(OH)–C–C–N with tert-alkyl or cyclic N) is 1. The van der Waals surface area contributed by atoms with Gasteiger partial charge in [-0.1, -0.05) is 5.92 Å². The van der Waals surface area contributed by atoms with Gasteiger partial charge in [0.1, 0.15) is 5.60 Å². The number of nitrogens with zero attached hydrogens (tertiary/aromatic N) is 1. The van der Waals surface area contributed by atoms with Crippen LogP contribution in [0.5, 0.6) is 0 Å². The molecule has 1 aliphatic rings. The second-order valence-electron chi connectivity index (χ2n) is 2.89. The maximum Gasteiger partial charge on any atom is 0.139 e. The summed E-state index contributed by atoms with van der Waals surface area (Å²) in [6.45, 7) is 3.40. The molecule has 0 amide bonds. The minimum absolute atomic E-state index is 0.688. The van der Waals surface area contributed by atoms with Crippen molar-refractivity contribution in [1.82, 2.24) is 4.90 Å². The van der Waals surface area contributed by atoms with Gasteiger partial charge in [-0.15, -0.1) is 5.92 Å². The number of aliphatic hydroxyl groups is 1. The van der Waals surface area contributed by atoms with Crippen molar-refractivity contribution in [3.8, 4) is 11.8 Å². The van der Waals surface area contributed by atoms with Crippen LogP contribution in [0.15, 0.2) is 0 Å². The third kappa shape index (κ3) is 1.50. The molecule has 2 nitrogen and oxygen atoms in total. The van der Waals surface area contributed by atoms with Crippen LogP contribution in [0.2, 0.25) is 0 Å². The van der Waals surface area contributed by atoms with Gasteiger partial charge in [-0.25, -0.2) is 0 Å². The standard InChI is InChI=1S/C8H13NO/c1-3-4-8(10)5-6-9(2)7-8/h10H,5-7H2,1-2H3. The van der Waals surface area contributed by atoms with E-state index in [1.54, 1.807) is 6.92 Å². The van der Waals surface area contributed by atoms with E-state index in [9.17, 15) is 5.11 Å². The highest BCUT2D eigenvalue weighted by molar-refractivity contribution is 5.15. The Kier molecular flexibility index (Phi) is 1.98. The number of rotatable bonds is 0. The SMILES string of the molecule is CC#CC1(O)CCN(C)C1. The van der Waals surface area contributed by atoms with Gasteiger partial charge in [0.25, 0.3) is 0 Å². The van der Waals surface area contributed by atoms with E-state index in [4.69, 9.17) is 0 Å². The molecule has 10 heavy (non-hydrogen) atoms. The zero-order valence-corrected chi connectivity index (χ0v) is 6.52. The Hall–Kier alpha value is -0.520. The number of hydrogen-bond acceptors (Lipinski definition) is 2. The van der Waals surface area contributed by atoms with Crippen LogP contribution in [0.25, 0.3) is 0 Å². The highest BCUT2D eigenvalue weighted by Crippen LogP contribution is 2.18. The normalized spacial score (nSPS) is 33.5. The fourth-order valence-electron chi connectivity index (χ4n) is 1.32. The minimum Gasteiger partial charge on any atom is -0.376 e. The summed E-state index contributed by atoms with van der Waals surface area (Å²) in [6, 6.07) is 0. The van der Waals surface area contributed by atoms with Crippen molar-refractivity contribution in [3.63, 3.8) is 0 Å². The van der Waals surface area contributed by atoms with Gasteiger partial charge in [0.05, 0.1) is 0 Å². The highest BCUT2D eigenvalue weighted by atomic mass is 16.3.